The standard InChI is InChI=1S/C15H22BrN5.HI/c1-11(2)6-7-18-15(17-3)19-8-13-10-21-9-12(16)4-5-14(21)20-13;/h4-5,9-11H,6-8H2,1-3H3,(H2,17,18,19);1H. The lowest BCUT2D eigenvalue weighted by Crippen LogP contribution is -2.37. The van der Waals surface area contributed by atoms with Crippen LogP contribution in [0.3, 0.4) is 0 Å². The molecule has 2 N–H and O–H groups in total. The van der Waals surface area contributed by atoms with E-state index in [4.69, 9.17) is 0 Å². The third kappa shape index (κ3) is 5.75. The molecule has 122 valence electrons. The van der Waals surface area contributed by atoms with Gasteiger partial charge in [0.05, 0.1) is 12.2 Å². The molecule has 0 spiro atoms. The summed E-state index contributed by atoms with van der Waals surface area (Å²) in [5.74, 6) is 1.50. The predicted octanol–water partition coefficient (Wildman–Crippen LogP) is 3.43. The fraction of sp³-hybridized carbons (Fsp3) is 0.467. The fourth-order valence-corrected chi connectivity index (χ4v) is 2.33. The van der Waals surface area contributed by atoms with Crippen LogP contribution in [0.1, 0.15) is 26.0 Å². The smallest absolute Gasteiger partial charge is 0.191 e. The number of rotatable bonds is 5. The highest BCUT2D eigenvalue weighted by molar-refractivity contribution is 14.0. The van der Waals surface area contributed by atoms with Crippen molar-refractivity contribution in [2.75, 3.05) is 13.6 Å². The number of aromatic nitrogens is 2. The number of imidazole rings is 1. The first-order valence-electron chi connectivity index (χ1n) is 7.16. The molecule has 0 saturated heterocycles. The molecule has 0 fully saturated rings. The number of halogens is 2. The summed E-state index contributed by atoms with van der Waals surface area (Å²) >= 11 is 3.46. The minimum absolute atomic E-state index is 0. The van der Waals surface area contributed by atoms with E-state index in [-0.39, 0.29) is 24.0 Å². The van der Waals surface area contributed by atoms with E-state index in [0.29, 0.717) is 12.5 Å². The van der Waals surface area contributed by atoms with Crippen molar-refractivity contribution in [1.29, 1.82) is 0 Å². The highest BCUT2D eigenvalue weighted by atomic mass is 127. The van der Waals surface area contributed by atoms with Crippen molar-refractivity contribution in [3.8, 4) is 0 Å². The lowest BCUT2D eigenvalue weighted by Gasteiger charge is -2.11. The second kappa shape index (κ2) is 9.34. The van der Waals surface area contributed by atoms with E-state index in [0.717, 1.165) is 34.7 Å². The lowest BCUT2D eigenvalue weighted by molar-refractivity contribution is 0.573. The van der Waals surface area contributed by atoms with Crippen LogP contribution >= 0.6 is 39.9 Å². The molecule has 2 rings (SSSR count). The van der Waals surface area contributed by atoms with Crippen LogP contribution in [-0.2, 0) is 6.54 Å². The summed E-state index contributed by atoms with van der Waals surface area (Å²) in [7, 11) is 1.78. The van der Waals surface area contributed by atoms with Gasteiger partial charge in [-0.3, -0.25) is 4.99 Å². The summed E-state index contributed by atoms with van der Waals surface area (Å²) in [6.07, 6.45) is 5.15. The molecule has 2 aromatic heterocycles. The molecule has 0 aliphatic heterocycles. The summed E-state index contributed by atoms with van der Waals surface area (Å²) in [4.78, 5) is 8.79. The Morgan fingerprint density at radius 2 is 2.09 bits per heavy atom. The SMILES string of the molecule is CN=C(NCCC(C)C)NCc1cn2cc(Br)ccc2n1.I. The number of nitrogens with zero attached hydrogens (tertiary/aromatic N) is 3. The van der Waals surface area contributed by atoms with Crippen molar-refractivity contribution >= 4 is 51.5 Å². The van der Waals surface area contributed by atoms with Gasteiger partial charge in [0.1, 0.15) is 5.65 Å². The Kier molecular flexibility index (Phi) is 8.16. The van der Waals surface area contributed by atoms with Crippen molar-refractivity contribution < 1.29 is 0 Å². The van der Waals surface area contributed by atoms with Gasteiger partial charge in [-0.1, -0.05) is 13.8 Å². The zero-order valence-corrected chi connectivity index (χ0v) is 17.1. The molecule has 22 heavy (non-hydrogen) atoms. The molecular weight excluding hydrogens is 457 g/mol. The van der Waals surface area contributed by atoms with Crippen LogP contribution in [0.15, 0.2) is 34.0 Å². The van der Waals surface area contributed by atoms with Crippen molar-refractivity contribution in [3.63, 3.8) is 0 Å². The van der Waals surface area contributed by atoms with Crippen LogP contribution in [0.25, 0.3) is 5.65 Å². The normalized spacial score (nSPS) is 11.6. The third-order valence-corrected chi connectivity index (χ3v) is 3.61. The Balaban J connectivity index is 0.00000242. The average molecular weight is 480 g/mol. The predicted molar refractivity (Wildman–Crippen MR) is 106 cm³/mol. The van der Waals surface area contributed by atoms with Crippen molar-refractivity contribution in [2.45, 2.75) is 26.8 Å². The third-order valence-electron chi connectivity index (χ3n) is 3.14. The largest absolute Gasteiger partial charge is 0.356 e. The van der Waals surface area contributed by atoms with Crippen LogP contribution in [0.5, 0.6) is 0 Å². The van der Waals surface area contributed by atoms with Gasteiger partial charge in [0.15, 0.2) is 5.96 Å². The van der Waals surface area contributed by atoms with Crippen LogP contribution in [-0.4, -0.2) is 28.9 Å². The Labute approximate surface area is 157 Å². The zero-order chi connectivity index (χ0) is 15.2. The summed E-state index contributed by atoms with van der Waals surface area (Å²) in [6.45, 7) is 6.01. The topological polar surface area (TPSA) is 53.7 Å². The zero-order valence-electron chi connectivity index (χ0n) is 13.1. The Morgan fingerprint density at radius 3 is 2.77 bits per heavy atom. The molecule has 7 heteroatoms. The number of pyridine rings is 1. The van der Waals surface area contributed by atoms with Gasteiger partial charge >= 0.3 is 0 Å². The molecule has 2 heterocycles. The van der Waals surface area contributed by atoms with Crippen LogP contribution in [0, 0.1) is 5.92 Å². The molecule has 0 unspecified atom stereocenters. The van der Waals surface area contributed by atoms with Gasteiger partial charge in [0.25, 0.3) is 0 Å². The minimum Gasteiger partial charge on any atom is -0.356 e. The number of fused-ring (bicyclic) bond motifs is 1. The molecular formula is C15H23BrIN5. The number of hydrogen-bond donors (Lipinski definition) is 2. The van der Waals surface area contributed by atoms with E-state index in [9.17, 15) is 0 Å². The van der Waals surface area contributed by atoms with Gasteiger partial charge in [-0.25, -0.2) is 4.98 Å². The van der Waals surface area contributed by atoms with Gasteiger partial charge in [-0.15, -0.1) is 24.0 Å². The number of guanidine groups is 1. The first-order valence-corrected chi connectivity index (χ1v) is 7.95. The molecule has 0 radical (unpaired) electrons. The van der Waals surface area contributed by atoms with Crippen LogP contribution in [0.4, 0.5) is 0 Å². The molecule has 0 aliphatic rings. The van der Waals surface area contributed by atoms with Gasteiger partial charge in [-0.05, 0) is 40.4 Å². The Morgan fingerprint density at radius 1 is 1.32 bits per heavy atom. The van der Waals surface area contributed by atoms with Crippen molar-refractivity contribution in [1.82, 2.24) is 20.0 Å². The summed E-state index contributed by atoms with van der Waals surface area (Å²) < 4.78 is 3.05. The van der Waals surface area contributed by atoms with E-state index in [2.05, 4.69) is 50.4 Å². The quantitative estimate of drug-likeness (QED) is 0.392. The summed E-state index contributed by atoms with van der Waals surface area (Å²) in [5, 5.41) is 6.60. The fourth-order valence-electron chi connectivity index (χ4n) is 1.98. The Hall–Kier alpha value is -0.830. The van der Waals surface area contributed by atoms with E-state index in [1.54, 1.807) is 7.05 Å². The second-order valence-corrected chi connectivity index (χ2v) is 6.30. The lowest BCUT2D eigenvalue weighted by atomic mass is 10.1. The average Bonchev–Trinajstić information content (AvgIpc) is 2.84. The monoisotopic (exact) mass is 479 g/mol. The van der Waals surface area contributed by atoms with Gasteiger partial charge in [0.2, 0.25) is 0 Å². The molecule has 0 amide bonds. The highest BCUT2D eigenvalue weighted by Gasteiger charge is 2.04. The molecule has 0 atom stereocenters. The van der Waals surface area contributed by atoms with E-state index in [1.165, 1.54) is 0 Å². The van der Waals surface area contributed by atoms with E-state index in [1.807, 2.05) is 28.9 Å². The van der Waals surface area contributed by atoms with Crippen LogP contribution < -0.4 is 10.6 Å². The molecule has 2 aromatic rings. The summed E-state index contributed by atoms with van der Waals surface area (Å²) in [6, 6.07) is 3.98. The second-order valence-electron chi connectivity index (χ2n) is 5.38. The molecule has 0 saturated carbocycles. The van der Waals surface area contributed by atoms with Crippen molar-refractivity contribution in [3.05, 3.63) is 34.7 Å². The maximum atomic E-state index is 4.57. The Bertz CT molecular complexity index is 623. The first-order chi connectivity index (χ1) is 10.1. The maximum Gasteiger partial charge on any atom is 0.191 e. The number of hydrogen-bond acceptors (Lipinski definition) is 2. The molecule has 0 aromatic carbocycles. The minimum atomic E-state index is 0. The number of nitrogens with one attached hydrogen (secondary N) is 2. The van der Waals surface area contributed by atoms with Gasteiger partial charge in [0, 0.05) is 30.5 Å². The summed E-state index contributed by atoms with van der Waals surface area (Å²) in [5.41, 5.74) is 1.93. The molecule has 0 aliphatic carbocycles. The van der Waals surface area contributed by atoms with Crippen molar-refractivity contribution in [2.24, 2.45) is 10.9 Å². The van der Waals surface area contributed by atoms with Gasteiger partial charge < -0.3 is 15.0 Å². The molecule has 5 nitrogen and oxygen atoms in total. The van der Waals surface area contributed by atoms with E-state index >= 15 is 0 Å². The highest BCUT2D eigenvalue weighted by Crippen LogP contribution is 2.12. The van der Waals surface area contributed by atoms with Crippen LogP contribution in [0.2, 0.25) is 0 Å². The van der Waals surface area contributed by atoms with Gasteiger partial charge in [-0.2, -0.15) is 0 Å². The first kappa shape index (κ1) is 19.2. The van der Waals surface area contributed by atoms with E-state index < -0.39 is 0 Å². The number of aliphatic imine (C=N–C) groups is 1. The molecule has 0 bridgehead atoms. The maximum absolute atomic E-state index is 4.57.